The van der Waals surface area contributed by atoms with Crippen LogP contribution in [0.15, 0.2) is 0 Å². The number of hydrogen-bond donors (Lipinski definition) is 2. The molecule has 0 saturated heterocycles. The highest BCUT2D eigenvalue weighted by molar-refractivity contribution is 6.18. The molecule has 0 aliphatic carbocycles. The van der Waals surface area contributed by atoms with Crippen molar-refractivity contribution in [3.8, 4) is 0 Å². The zero-order valence-corrected chi connectivity index (χ0v) is 7.43. The lowest BCUT2D eigenvalue weighted by Gasteiger charge is -2.13. The predicted octanol–water partition coefficient (Wildman–Crippen LogP) is -0.143. The van der Waals surface area contributed by atoms with Crippen LogP contribution in [0, 0.1) is 0 Å². The third-order valence-corrected chi connectivity index (χ3v) is 1.43. The van der Waals surface area contributed by atoms with Gasteiger partial charge in [0.1, 0.15) is 0 Å². The molecule has 0 spiro atoms. The van der Waals surface area contributed by atoms with Crippen LogP contribution in [-0.2, 0) is 0 Å². The van der Waals surface area contributed by atoms with Gasteiger partial charge in [-0.05, 0) is 0 Å². The second-order valence-corrected chi connectivity index (χ2v) is 2.70. The Bertz CT molecular complexity index is 130. The van der Waals surface area contributed by atoms with E-state index in [1.54, 1.807) is 14.1 Å². The van der Waals surface area contributed by atoms with Gasteiger partial charge in [0.15, 0.2) is 0 Å². The van der Waals surface area contributed by atoms with Gasteiger partial charge in [-0.1, -0.05) is 0 Å². The first kappa shape index (κ1) is 10.5. The number of aliphatic hydroxyl groups excluding tert-OH is 1. The van der Waals surface area contributed by atoms with Crippen LogP contribution in [0.1, 0.15) is 0 Å². The molecule has 1 unspecified atom stereocenters. The predicted molar refractivity (Wildman–Crippen MR) is 43.8 cm³/mol. The second kappa shape index (κ2) is 5.21. The summed E-state index contributed by atoms with van der Waals surface area (Å²) in [7, 11) is 3.25. The normalized spacial score (nSPS) is 12.4. The van der Waals surface area contributed by atoms with Gasteiger partial charge in [-0.3, -0.25) is 0 Å². The number of hydrogen-bond acceptors (Lipinski definition) is 2. The van der Waals surface area contributed by atoms with Crippen molar-refractivity contribution in [1.29, 1.82) is 0 Å². The average Bonchev–Trinajstić information content (AvgIpc) is 1.99. The van der Waals surface area contributed by atoms with E-state index in [1.807, 2.05) is 0 Å². The summed E-state index contributed by atoms with van der Waals surface area (Å²) in [5.41, 5.74) is 0. The summed E-state index contributed by atoms with van der Waals surface area (Å²) in [6.45, 7) is 0.195. The summed E-state index contributed by atoms with van der Waals surface area (Å²) in [6.07, 6.45) is -0.666. The molecule has 66 valence electrons. The number of urea groups is 1. The monoisotopic (exact) mass is 180 g/mol. The maximum atomic E-state index is 10.8. The molecule has 1 atom stereocenters. The minimum absolute atomic E-state index is 0.133. The van der Waals surface area contributed by atoms with E-state index in [4.69, 9.17) is 16.7 Å². The van der Waals surface area contributed by atoms with Gasteiger partial charge in [0.2, 0.25) is 0 Å². The van der Waals surface area contributed by atoms with Gasteiger partial charge in [0.05, 0.1) is 12.0 Å². The second-order valence-electron chi connectivity index (χ2n) is 2.39. The number of alkyl halides is 1. The van der Waals surface area contributed by atoms with Crippen molar-refractivity contribution < 1.29 is 9.90 Å². The molecule has 0 heterocycles. The standard InChI is InChI=1S/C6H13ClN2O2/c1-9(2)6(11)8-4-5(10)3-7/h5,10H,3-4H2,1-2H3,(H,8,11). The smallest absolute Gasteiger partial charge is 0.316 e. The van der Waals surface area contributed by atoms with E-state index in [2.05, 4.69) is 5.32 Å². The molecule has 0 aliphatic rings. The van der Waals surface area contributed by atoms with E-state index in [1.165, 1.54) is 4.90 Å². The first-order valence-corrected chi connectivity index (χ1v) is 3.80. The minimum atomic E-state index is -0.666. The Hall–Kier alpha value is -0.480. The van der Waals surface area contributed by atoms with E-state index in [0.29, 0.717) is 0 Å². The number of nitrogens with one attached hydrogen (secondary N) is 1. The lowest BCUT2D eigenvalue weighted by Crippen LogP contribution is -2.39. The van der Waals surface area contributed by atoms with Gasteiger partial charge in [-0.15, -0.1) is 11.6 Å². The molecule has 2 N–H and O–H groups in total. The number of amides is 2. The van der Waals surface area contributed by atoms with E-state index in [0.717, 1.165) is 0 Å². The number of aliphatic hydroxyl groups is 1. The zero-order chi connectivity index (χ0) is 8.85. The fourth-order valence-electron chi connectivity index (χ4n) is 0.418. The molecular weight excluding hydrogens is 168 g/mol. The maximum absolute atomic E-state index is 10.8. The van der Waals surface area contributed by atoms with Crippen LogP contribution in [0.25, 0.3) is 0 Å². The fourth-order valence-corrected chi connectivity index (χ4v) is 0.527. The van der Waals surface area contributed by atoms with Gasteiger partial charge in [-0.2, -0.15) is 0 Å². The van der Waals surface area contributed by atoms with Crippen molar-refractivity contribution >= 4 is 17.6 Å². The van der Waals surface area contributed by atoms with Crippen LogP contribution in [-0.4, -0.2) is 48.7 Å². The van der Waals surface area contributed by atoms with E-state index >= 15 is 0 Å². The van der Waals surface area contributed by atoms with Gasteiger partial charge in [0.25, 0.3) is 0 Å². The fraction of sp³-hybridized carbons (Fsp3) is 0.833. The van der Waals surface area contributed by atoms with Crippen molar-refractivity contribution in [2.45, 2.75) is 6.10 Å². The average molecular weight is 181 g/mol. The molecule has 11 heavy (non-hydrogen) atoms. The molecule has 4 nitrogen and oxygen atoms in total. The van der Waals surface area contributed by atoms with Crippen molar-refractivity contribution in [2.24, 2.45) is 0 Å². The highest BCUT2D eigenvalue weighted by Crippen LogP contribution is 1.85. The topological polar surface area (TPSA) is 52.6 Å². The molecular formula is C6H13ClN2O2. The Labute approximate surface area is 71.1 Å². The Balaban J connectivity index is 3.46. The first-order chi connectivity index (χ1) is 5.07. The van der Waals surface area contributed by atoms with Gasteiger partial charge in [-0.25, -0.2) is 4.79 Å². The van der Waals surface area contributed by atoms with E-state index < -0.39 is 6.10 Å². The summed E-state index contributed by atoms with van der Waals surface area (Å²) >= 11 is 5.30. The molecule has 0 rings (SSSR count). The SMILES string of the molecule is CN(C)C(=O)NCC(O)CCl. The molecule has 0 fully saturated rings. The van der Waals surface area contributed by atoms with Gasteiger partial charge < -0.3 is 15.3 Å². The summed E-state index contributed by atoms with van der Waals surface area (Å²) < 4.78 is 0. The van der Waals surface area contributed by atoms with Crippen LogP contribution in [0.4, 0.5) is 4.79 Å². The number of halogens is 1. The Morgan fingerprint density at radius 2 is 2.27 bits per heavy atom. The third-order valence-electron chi connectivity index (χ3n) is 1.07. The Morgan fingerprint density at radius 1 is 1.73 bits per heavy atom. The van der Waals surface area contributed by atoms with Crippen molar-refractivity contribution in [3.63, 3.8) is 0 Å². The zero-order valence-electron chi connectivity index (χ0n) is 6.67. The lowest BCUT2D eigenvalue weighted by atomic mass is 10.4. The Morgan fingerprint density at radius 3 is 2.64 bits per heavy atom. The molecule has 0 aromatic carbocycles. The largest absolute Gasteiger partial charge is 0.390 e. The summed E-state index contributed by atoms with van der Waals surface area (Å²) in [4.78, 5) is 12.2. The maximum Gasteiger partial charge on any atom is 0.316 e. The number of carbonyl (C=O) groups is 1. The lowest BCUT2D eigenvalue weighted by molar-refractivity contribution is 0.182. The van der Waals surface area contributed by atoms with Gasteiger partial charge in [0, 0.05) is 20.6 Å². The molecule has 0 saturated carbocycles. The van der Waals surface area contributed by atoms with Crippen molar-refractivity contribution in [1.82, 2.24) is 10.2 Å². The van der Waals surface area contributed by atoms with Crippen LogP contribution in [0.5, 0.6) is 0 Å². The van der Waals surface area contributed by atoms with Crippen LogP contribution >= 0.6 is 11.6 Å². The number of carbonyl (C=O) groups excluding carboxylic acids is 1. The highest BCUT2D eigenvalue weighted by atomic mass is 35.5. The van der Waals surface area contributed by atoms with E-state index in [-0.39, 0.29) is 18.5 Å². The molecule has 5 heteroatoms. The van der Waals surface area contributed by atoms with Crippen molar-refractivity contribution in [3.05, 3.63) is 0 Å². The van der Waals surface area contributed by atoms with Gasteiger partial charge >= 0.3 is 6.03 Å². The Kier molecular flexibility index (Phi) is 4.98. The molecule has 0 bridgehead atoms. The molecule has 2 amide bonds. The summed E-state index contributed by atoms with van der Waals surface area (Å²) in [5, 5.41) is 11.4. The molecule has 0 radical (unpaired) electrons. The van der Waals surface area contributed by atoms with Crippen LogP contribution in [0.3, 0.4) is 0 Å². The third kappa shape index (κ3) is 4.86. The van der Waals surface area contributed by atoms with Crippen LogP contribution < -0.4 is 5.32 Å². The molecule has 0 aromatic rings. The number of nitrogens with zero attached hydrogens (tertiary/aromatic N) is 1. The summed E-state index contributed by atoms with van der Waals surface area (Å²) in [6, 6.07) is -0.228. The summed E-state index contributed by atoms with van der Waals surface area (Å²) in [5.74, 6) is 0.133. The molecule has 0 aliphatic heterocycles. The highest BCUT2D eigenvalue weighted by Gasteiger charge is 2.05. The van der Waals surface area contributed by atoms with Crippen molar-refractivity contribution in [2.75, 3.05) is 26.5 Å². The molecule has 0 aromatic heterocycles. The quantitative estimate of drug-likeness (QED) is 0.594. The number of rotatable bonds is 3. The minimum Gasteiger partial charge on any atom is -0.390 e. The van der Waals surface area contributed by atoms with E-state index in [9.17, 15) is 4.79 Å². The van der Waals surface area contributed by atoms with Crippen LogP contribution in [0.2, 0.25) is 0 Å². The first-order valence-electron chi connectivity index (χ1n) is 3.27.